The number of hydrogen-bond donors (Lipinski definition) is 5. The molecule has 6 N–H and O–H groups in total. The summed E-state index contributed by atoms with van der Waals surface area (Å²) in [5.41, 5.74) is 6.01. The number of carboxylic acids is 1. The lowest BCUT2D eigenvalue weighted by Crippen LogP contribution is -2.44. The highest BCUT2D eigenvalue weighted by atomic mass is 16.4. The number of carboxylic acid groups (broad SMARTS) is 1. The zero-order chi connectivity index (χ0) is 20.4. The van der Waals surface area contributed by atoms with Crippen molar-refractivity contribution in [2.45, 2.75) is 51.6 Å². The van der Waals surface area contributed by atoms with Crippen LogP contribution in [0.5, 0.6) is 5.75 Å². The molecule has 0 aromatic heterocycles. The second-order valence-electron chi connectivity index (χ2n) is 6.97. The van der Waals surface area contributed by atoms with Gasteiger partial charge in [-0.1, -0.05) is 26.0 Å². The zero-order valence-electron chi connectivity index (χ0n) is 15.8. The molecule has 0 saturated carbocycles. The van der Waals surface area contributed by atoms with Gasteiger partial charge in [0.15, 0.2) is 0 Å². The molecule has 8 nitrogen and oxygen atoms in total. The van der Waals surface area contributed by atoms with Crippen LogP contribution in [-0.4, -0.2) is 46.6 Å². The first-order chi connectivity index (χ1) is 12.7. The van der Waals surface area contributed by atoms with Crippen LogP contribution in [0.2, 0.25) is 0 Å². The quantitative estimate of drug-likeness (QED) is 0.384. The Morgan fingerprint density at radius 1 is 1.07 bits per heavy atom. The standard InChI is InChI=1S/C19H29N3O5/c1-12(2)9-14(21-18(25)11-20)5-8-17(24)22-16(19(26)27)10-13-3-6-15(23)7-4-13/h3-4,6-7,12,14,16,23H,5,8-11,20H2,1-2H3,(H,21,25)(H,22,24)(H,26,27)/t14?,16-/m1/s1. The van der Waals surface area contributed by atoms with Gasteiger partial charge in [-0.25, -0.2) is 4.79 Å². The monoisotopic (exact) mass is 379 g/mol. The van der Waals surface area contributed by atoms with E-state index in [-0.39, 0.29) is 37.1 Å². The van der Waals surface area contributed by atoms with Crippen LogP contribution in [0.25, 0.3) is 0 Å². The lowest BCUT2D eigenvalue weighted by atomic mass is 9.99. The molecular weight excluding hydrogens is 350 g/mol. The fraction of sp³-hybridized carbons (Fsp3) is 0.526. The third kappa shape index (κ3) is 9.05. The summed E-state index contributed by atoms with van der Waals surface area (Å²) >= 11 is 0. The van der Waals surface area contributed by atoms with Gasteiger partial charge in [-0.2, -0.15) is 0 Å². The summed E-state index contributed by atoms with van der Waals surface area (Å²) in [7, 11) is 0. The van der Waals surface area contributed by atoms with E-state index in [1.54, 1.807) is 12.1 Å². The van der Waals surface area contributed by atoms with Crippen molar-refractivity contribution in [3.63, 3.8) is 0 Å². The number of aromatic hydroxyl groups is 1. The van der Waals surface area contributed by atoms with Crippen LogP contribution in [-0.2, 0) is 20.8 Å². The van der Waals surface area contributed by atoms with E-state index in [1.165, 1.54) is 12.1 Å². The molecule has 0 aliphatic heterocycles. The molecule has 27 heavy (non-hydrogen) atoms. The first-order valence-corrected chi connectivity index (χ1v) is 9.00. The van der Waals surface area contributed by atoms with Gasteiger partial charge in [-0.15, -0.1) is 0 Å². The fourth-order valence-electron chi connectivity index (χ4n) is 2.74. The summed E-state index contributed by atoms with van der Waals surface area (Å²) in [6.07, 6.45) is 1.32. The molecule has 0 fully saturated rings. The third-order valence-corrected chi connectivity index (χ3v) is 4.04. The molecule has 150 valence electrons. The summed E-state index contributed by atoms with van der Waals surface area (Å²) in [6, 6.07) is 4.90. The highest BCUT2D eigenvalue weighted by Crippen LogP contribution is 2.13. The Balaban J connectivity index is 2.60. The number of aliphatic carboxylic acids is 1. The average Bonchev–Trinajstić information content (AvgIpc) is 2.60. The number of carbonyl (C=O) groups is 3. The predicted octanol–water partition coefficient (Wildman–Crippen LogP) is 0.774. The van der Waals surface area contributed by atoms with E-state index in [2.05, 4.69) is 10.6 Å². The fourth-order valence-corrected chi connectivity index (χ4v) is 2.74. The molecule has 0 radical (unpaired) electrons. The van der Waals surface area contributed by atoms with Crippen LogP contribution in [0.15, 0.2) is 24.3 Å². The van der Waals surface area contributed by atoms with E-state index in [4.69, 9.17) is 5.73 Å². The molecule has 0 saturated heterocycles. The number of benzene rings is 1. The number of carbonyl (C=O) groups excluding carboxylic acids is 2. The van der Waals surface area contributed by atoms with Gasteiger partial charge in [0.2, 0.25) is 11.8 Å². The maximum Gasteiger partial charge on any atom is 0.326 e. The smallest absolute Gasteiger partial charge is 0.326 e. The molecule has 8 heteroatoms. The Bertz CT molecular complexity index is 631. The van der Waals surface area contributed by atoms with Crippen molar-refractivity contribution in [1.29, 1.82) is 0 Å². The topological polar surface area (TPSA) is 142 Å². The first kappa shape index (κ1) is 22.4. The molecule has 0 heterocycles. The van der Waals surface area contributed by atoms with E-state index in [0.717, 1.165) is 0 Å². The zero-order valence-corrected chi connectivity index (χ0v) is 15.8. The van der Waals surface area contributed by atoms with E-state index in [9.17, 15) is 24.6 Å². The van der Waals surface area contributed by atoms with Crippen LogP contribution in [0.1, 0.15) is 38.7 Å². The second-order valence-corrected chi connectivity index (χ2v) is 6.97. The maximum absolute atomic E-state index is 12.2. The van der Waals surface area contributed by atoms with E-state index >= 15 is 0 Å². The number of nitrogens with two attached hydrogens (primary N) is 1. The van der Waals surface area contributed by atoms with Gasteiger partial charge in [-0.3, -0.25) is 9.59 Å². The van der Waals surface area contributed by atoms with Crippen LogP contribution in [0.4, 0.5) is 0 Å². The van der Waals surface area contributed by atoms with Crippen molar-refractivity contribution in [3.05, 3.63) is 29.8 Å². The van der Waals surface area contributed by atoms with Gasteiger partial charge in [-0.05, 0) is 36.5 Å². The van der Waals surface area contributed by atoms with Gasteiger partial charge in [0.1, 0.15) is 11.8 Å². The number of hydrogen-bond acceptors (Lipinski definition) is 5. The van der Waals surface area contributed by atoms with Crippen molar-refractivity contribution in [2.75, 3.05) is 6.54 Å². The summed E-state index contributed by atoms with van der Waals surface area (Å²) in [5.74, 6) is -1.39. The van der Waals surface area contributed by atoms with Crippen molar-refractivity contribution >= 4 is 17.8 Å². The minimum Gasteiger partial charge on any atom is -0.508 e. The van der Waals surface area contributed by atoms with E-state index in [0.29, 0.717) is 24.3 Å². The number of phenolic OH excluding ortho intramolecular Hbond substituents is 1. The van der Waals surface area contributed by atoms with Crippen LogP contribution >= 0.6 is 0 Å². The lowest BCUT2D eigenvalue weighted by Gasteiger charge is -2.21. The number of nitrogens with one attached hydrogen (secondary N) is 2. The van der Waals surface area contributed by atoms with Crippen molar-refractivity contribution in [2.24, 2.45) is 11.7 Å². The van der Waals surface area contributed by atoms with Crippen LogP contribution in [0.3, 0.4) is 0 Å². The van der Waals surface area contributed by atoms with Gasteiger partial charge in [0, 0.05) is 18.9 Å². The summed E-state index contributed by atoms with van der Waals surface area (Å²) in [5, 5.41) is 23.9. The highest BCUT2D eigenvalue weighted by Gasteiger charge is 2.21. The molecular formula is C19H29N3O5. The SMILES string of the molecule is CC(C)CC(CCC(=O)N[C@H](Cc1ccc(O)cc1)C(=O)O)NC(=O)CN. The second kappa shape index (κ2) is 11.2. The molecule has 0 spiro atoms. The van der Waals surface area contributed by atoms with Gasteiger partial charge < -0.3 is 26.6 Å². The molecule has 0 aliphatic rings. The molecule has 1 rings (SSSR count). The highest BCUT2D eigenvalue weighted by molar-refractivity contribution is 5.84. The summed E-state index contributed by atoms with van der Waals surface area (Å²) in [4.78, 5) is 35.1. The number of phenols is 1. The minimum atomic E-state index is -1.13. The molecule has 2 amide bonds. The Morgan fingerprint density at radius 2 is 1.70 bits per heavy atom. The molecule has 1 unspecified atom stereocenters. The lowest BCUT2D eigenvalue weighted by molar-refractivity contribution is -0.141. The summed E-state index contributed by atoms with van der Waals surface area (Å²) in [6.45, 7) is 3.91. The third-order valence-electron chi connectivity index (χ3n) is 4.04. The predicted molar refractivity (Wildman–Crippen MR) is 101 cm³/mol. The van der Waals surface area contributed by atoms with E-state index < -0.39 is 17.9 Å². The Morgan fingerprint density at radius 3 is 2.22 bits per heavy atom. The largest absolute Gasteiger partial charge is 0.508 e. The van der Waals surface area contributed by atoms with Crippen molar-refractivity contribution in [3.8, 4) is 5.75 Å². The average molecular weight is 379 g/mol. The minimum absolute atomic E-state index is 0.0883. The van der Waals surface area contributed by atoms with Gasteiger partial charge >= 0.3 is 5.97 Å². The maximum atomic E-state index is 12.2. The molecule has 1 aromatic carbocycles. The molecule has 1 aromatic rings. The van der Waals surface area contributed by atoms with Crippen molar-refractivity contribution < 1.29 is 24.6 Å². The van der Waals surface area contributed by atoms with E-state index in [1.807, 2.05) is 13.8 Å². The molecule has 0 aliphatic carbocycles. The normalized spacial score (nSPS) is 13.0. The van der Waals surface area contributed by atoms with Gasteiger partial charge in [0.05, 0.1) is 6.54 Å². The molecule has 0 bridgehead atoms. The Hall–Kier alpha value is -2.61. The Labute approximate surface area is 159 Å². The molecule has 2 atom stereocenters. The van der Waals surface area contributed by atoms with Crippen molar-refractivity contribution in [1.82, 2.24) is 10.6 Å². The van der Waals surface area contributed by atoms with Crippen LogP contribution in [0, 0.1) is 5.92 Å². The first-order valence-electron chi connectivity index (χ1n) is 9.00. The number of rotatable bonds is 11. The van der Waals surface area contributed by atoms with Gasteiger partial charge in [0.25, 0.3) is 0 Å². The Kier molecular flexibility index (Phi) is 9.29. The summed E-state index contributed by atoms with van der Waals surface area (Å²) < 4.78 is 0. The number of amides is 2. The van der Waals surface area contributed by atoms with Crippen LogP contribution < -0.4 is 16.4 Å².